The molecule has 1 amide bonds. The number of carbonyl (C=O) groups excluding carboxylic acids is 1. The maximum Gasteiger partial charge on any atom is 0.266 e. The third-order valence-electron chi connectivity index (χ3n) is 3.58. The Labute approximate surface area is 156 Å². The Kier molecular flexibility index (Phi) is 5.52. The van der Waals surface area contributed by atoms with Gasteiger partial charge in [0.05, 0.1) is 17.8 Å². The van der Waals surface area contributed by atoms with E-state index < -0.39 is 0 Å². The minimum absolute atomic E-state index is 0.209. The van der Waals surface area contributed by atoms with Gasteiger partial charge in [0.1, 0.15) is 5.82 Å². The van der Waals surface area contributed by atoms with Gasteiger partial charge in [0, 0.05) is 35.0 Å². The molecule has 0 unspecified atom stereocenters. The third kappa shape index (κ3) is 4.40. The molecule has 0 aliphatic rings. The smallest absolute Gasteiger partial charge is 0.266 e. The van der Waals surface area contributed by atoms with Gasteiger partial charge in [0.25, 0.3) is 11.5 Å². The summed E-state index contributed by atoms with van der Waals surface area (Å²) in [6.07, 6.45) is 3.04. The van der Waals surface area contributed by atoms with Crippen LogP contribution in [-0.4, -0.2) is 27.2 Å². The lowest BCUT2D eigenvalue weighted by atomic mass is 10.1. The first kappa shape index (κ1) is 17.9. The van der Waals surface area contributed by atoms with Gasteiger partial charge in [-0.25, -0.2) is 9.07 Å². The molecule has 0 saturated heterocycles. The molecule has 0 radical (unpaired) electrons. The number of nitrogens with one attached hydrogen (secondary N) is 1. The highest BCUT2D eigenvalue weighted by atomic mass is 79.9. The Morgan fingerprint density at radius 3 is 2.65 bits per heavy atom. The number of hydrogen-bond acceptors (Lipinski definition) is 4. The molecule has 6 nitrogen and oxygen atoms in total. The van der Waals surface area contributed by atoms with Crippen molar-refractivity contribution in [3.05, 3.63) is 81.1 Å². The van der Waals surface area contributed by atoms with E-state index >= 15 is 0 Å². The van der Waals surface area contributed by atoms with Crippen LogP contribution >= 0.6 is 15.9 Å². The van der Waals surface area contributed by atoms with Crippen LogP contribution in [0.1, 0.15) is 10.4 Å². The van der Waals surface area contributed by atoms with Crippen LogP contribution in [0.25, 0.3) is 11.3 Å². The number of hydrogen-bond donors (Lipinski definition) is 1. The molecule has 2 heterocycles. The molecule has 0 fully saturated rings. The monoisotopic (exact) mass is 416 g/mol. The van der Waals surface area contributed by atoms with Crippen molar-refractivity contribution in [2.75, 3.05) is 6.54 Å². The number of amides is 1. The van der Waals surface area contributed by atoms with Crippen LogP contribution < -0.4 is 10.9 Å². The van der Waals surface area contributed by atoms with E-state index in [2.05, 4.69) is 31.3 Å². The molecule has 26 heavy (non-hydrogen) atoms. The second-order valence-corrected chi connectivity index (χ2v) is 6.35. The first-order valence-electron chi connectivity index (χ1n) is 7.76. The second-order valence-electron chi connectivity index (χ2n) is 5.43. The summed E-state index contributed by atoms with van der Waals surface area (Å²) in [5, 5.41) is 6.99. The largest absolute Gasteiger partial charge is 0.350 e. The van der Waals surface area contributed by atoms with Crippen LogP contribution in [0.3, 0.4) is 0 Å². The van der Waals surface area contributed by atoms with E-state index in [0.717, 1.165) is 0 Å². The number of halogens is 2. The summed E-state index contributed by atoms with van der Waals surface area (Å²) in [6, 6.07) is 10.5. The highest BCUT2D eigenvalue weighted by molar-refractivity contribution is 9.10. The fourth-order valence-corrected chi connectivity index (χ4v) is 2.66. The van der Waals surface area contributed by atoms with Crippen molar-refractivity contribution in [2.24, 2.45) is 0 Å². The van der Waals surface area contributed by atoms with E-state index in [0.29, 0.717) is 21.3 Å². The highest BCUT2D eigenvalue weighted by Gasteiger charge is 2.07. The molecule has 1 aromatic carbocycles. The standard InChI is InChI=1S/C18H14BrFN4O2/c19-14-9-13(10-21-11-14)18(26)22-7-8-24-17(25)6-5-16(23-24)12-1-3-15(20)4-2-12/h1-6,9-11H,7-8H2,(H,22,26). The molecular weight excluding hydrogens is 403 g/mol. The first-order valence-corrected chi connectivity index (χ1v) is 8.55. The Morgan fingerprint density at radius 1 is 1.15 bits per heavy atom. The minimum Gasteiger partial charge on any atom is -0.350 e. The minimum atomic E-state index is -0.341. The molecule has 0 atom stereocenters. The van der Waals surface area contributed by atoms with Crippen LogP contribution in [0, 0.1) is 5.82 Å². The number of rotatable bonds is 5. The highest BCUT2D eigenvalue weighted by Crippen LogP contribution is 2.15. The summed E-state index contributed by atoms with van der Waals surface area (Å²) < 4.78 is 15.0. The van der Waals surface area contributed by atoms with E-state index in [1.165, 1.54) is 29.1 Å². The average Bonchev–Trinajstić information content (AvgIpc) is 2.64. The number of benzene rings is 1. The van der Waals surface area contributed by atoms with Gasteiger partial charge in [0.2, 0.25) is 0 Å². The number of aromatic nitrogens is 3. The summed E-state index contributed by atoms with van der Waals surface area (Å²) in [5.74, 6) is -0.631. The number of nitrogens with zero attached hydrogens (tertiary/aromatic N) is 3. The maximum absolute atomic E-state index is 13.0. The SMILES string of the molecule is O=C(NCCn1nc(-c2ccc(F)cc2)ccc1=O)c1cncc(Br)c1. The van der Waals surface area contributed by atoms with Gasteiger partial charge in [0.15, 0.2) is 0 Å². The number of pyridine rings is 1. The zero-order valence-corrected chi connectivity index (χ0v) is 15.1. The van der Waals surface area contributed by atoms with Crippen LogP contribution in [0.4, 0.5) is 4.39 Å². The lowest BCUT2D eigenvalue weighted by Crippen LogP contribution is -2.32. The Morgan fingerprint density at radius 2 is 1.92 bits per heavy atom. The molecule has 1 N–H and O–H groups in total. The molecule has 8 heteroatoms. The Bertz CT molecular complexity index is 989. The van der Waals surface area contributed by atoms with Crippen LogP contribution in [0.2, 0.25) is 0 Å². The fraction of sp³-hybridized carbons (Fsp3) is 0.111. The third-order valence-corrected chi connectivity index (χ3v) is 4.02. The van der Waals surface area contributed by atoms with Crippen LogP contribution in [-0.2, 0) is 6.54 Å². The molecular formula is C18H14BrFN4O2. The zero-order chi connectivity index (χ0) is 18.5. The maximum atomic E-state index is 13.0. The topological polar surface area (TPSA) is 76.9 Å². The summed E-state index contributed by atoms with van der Waals surface area (Å²) in [5.41, 5.74) is 1.38. The average molecular weight is 417 g/mol. The van der Waals surface area contributed by atoms with Gasteiger partial charge in [-0.3, -0.25) is 14.6 Å². The van der Waals surface area contributed by atoms with Crippen LogP contribution in [0.15, 0.2) is 64.1 Å². The predicted molar refractivity (Wildman–Crippen MR) is 98.2 cm³/mol. The van der Waals surface area contributed by atoms with Gasteiger partial charge in [-0.15, -0.1) is 0 Å². The van der Waals surface area contributed by atoms with Gasteiger partial charge >= 0.3 is 0 Å². The summed E-state index contributed by atoms with van der Waals surface area (Å²) >= 11 is 3.26. The normalized spacial score (nSPS) is 10.5. The van der Waals surface area contributed by atoms with Gasteiger partial charge < -0.3 is 5.32 Å². The summed E-state index contributed by atoms with van der Waals surface area (Å²) in [4.78, 5) is 28.0. The van der Waals surface area contributed by atoms with Crippen molar-refractivity contribution in [1.29, 1.82) is 0 Å². The molecule has 3 aromatic rings. The Balaban J connectivity index is 1.68. The summed E-state index contributed by atoms with van der Waals surface area (Å²) in [6.45, 7) is 0.437. The Hall–Kier alpha value is -2.87. The van der Waals surface area contributed by atoms with Crippen molar-refractivity contribution >= 4 is 21.8 Å². The van der Waals surface area contributed by atoms with Gasteiger partial charge in [-0.2, -0.15) is 5.10 Å². The molecule has 132 valence electrons. The van der Waals surface area contributed by atoms with Crippen LogP contribution in [0.5, 0.6) is 0 Å². The molecule has 0 bridgehead atoms. The number of carbonyl (C=O) groups is 1. The van der Waals surface area contributed by atoms with E-state index in [-0.39, 0.29) is 30.4 Å². The quantitative estimate of drug-likeness (QED) is 0.693. The lowest BCUT2D eigenvalue weighted by molar-refractivity contribution is 0.0951. The van der Waals surface area contributed by atoms with Crippen molar-refractivity contribution in [3.8, 4) is 11.3 Å². The molecule has 0 spiro atoms. The van der Waals surface area contributed by atoms with Crippen molar-refractivity contribution in [3.63, 3.8) is 0 Å². The lowest BCUT2D eigenvalue weighted by Gasteiger charge is -2.09. The zero-order valence-electron chi connectivity index (χ0n) is 13.5. The summed E-state index contributed by atoms with van der Waals surface area (Å²) in [7, 11) is 0. The van der Waals surface area contributed by atoms with E-state index in [1.807, 2.05) is 0 Å². The van der Waals surface area contributed by atoms with Crippen molar-refractivity contribution in [1.82, 2.24) is 20.1 Å². The van der Waals surface area contributed by atoms with Gasteiger partial charge in [-0.05, 0) is 52.3 Å². The van der Waals surface area contributed by atoms with E-state index in [4.69, 9.17) is 0 Å². The van der Waals surface area contributed by atoms with Gasteiger partial charge in [-0.1, -0.05) is 0 Å². The van der Waals surface area contributed by atoms with Crippen molar-refractivity contribution in [2.45, 2.75) is 6.54 Å². The van der Waals surface area contributed by atoms with E-state index in [1.54, 1.807) is 30.5 Å². The van der Waals surface area contributed by atoms with E-state index in [9.17, 15) is 14.0 Å². The molecule has 0 saturated carbocycles. The van der Waals surface area contributed by atoms with Crippen molar-refractivity contribution < 1.29 is 9.18 Å². The second kappa shape index (κ2) is 8.01. The molecule has 0 aliphatic carbocycles. The predicted octanol–water partition coefficient (Wildman–Crippen LogP) is 2.64. The first-order chi connectivity index (χ1) is 12.5. The fourth-order valence-electron chi connectivity index (χ4n) is 2.30. The molecule has 2 aromatic heterocycles. The molecule has 3 rings (SSSR count). The molecule has 0 aliphatic heterocycles.